The Bertz CT molecular complexity index is 649. The van der Waals surface area contributed by atoms with Crippen molar-refractivity contribution < 1.29 is 9.90 Å². The summed E-state index contributed by atoms with van der Waals surface area (Å²) in [5.74, 6) is -0.614. The van der Waals surface area contributed by atoms with Crippen molar-refractivity contribution in [2.45, 2.75) is 33.2 Å². The van der Waals surface area contributed by atoms with Crippen molar-refractivity contribution in [1.29, 1.82) is 0 Å². The number of carboxylic acid groups (broad SMARTS) is 1. The van der Waals surface area contributed by atoms with Crippen molar-refractivity contribution in [3.8, 4) is 0 Å². The minimum absolute atomic E-state index is 0.348. The van der Waals surface area contributed by atoms with E-state index in [9.17, 15) is 4.79 Å². The highest BCUT2D eigenvalue weighted by atomic mass is 16.4. The molecule has 2 aromatic heterocycles. The number of carboxylic acids is 1. The number of hydrogen-bond acceptors (Lipinski definition) is 6. The summed E-state index contributed by atoms with van der Waals surface area (Å²) in [6, 6.07) is 0. The molecule has 0 fully saturated rings. The van der Waals surface area contributed by atoms with Crippen molar-refractivity contribution >= 4 is 17.6 Å². The first-order valence-electron chi connectivity index (χ1n) is 6.04. The molecule has 0 aliphatic rings. The number of aliphatic carboxylic acids is 1. The Kier molecular flexibility index (Phi) is 3.39. The van der Waals surface area contributed by atoms with Gasteiger partial charge in [-0.05, 0) is 27.7 Å². The topological polar surface area (TPSA) is 106 Å². The van der Waals surface area contributed by atoms with Gasteiger partial charge in [0.25, 0.3) is 0 Å². The average molecular weight is 276 g/mol. The second kappa shape index (κ2) is 4.87. The van der Waals surface area contributed by atoms with Gasteiger partial charge in [-0.15, -0.1) is 5.10 Å². The van der Waals surface area contributed by atoms with Gasteiger partial charge in [0.05, 0.1) is 23.3 Å². The second-order valence-corrected chi connectivity index (χ2v) is 4.97. The number of aryl methyl sites for hydroxylation is 2. The summed E-state index contributed by atoms with van der Waals surface area (Å²) in [5, 5.41) is 24.0. The zero-order valence-corrected chi connectivity index (χ0v) is 11.7. The van der Waals surface area contributed by atoms with Crippen LogP contribution in [-0.2, 0) is 10.3 Å². The average Bonchev–Trinajstić information content (AvgIpc) is 2.83. The van der Waals surface area contributed by atoms with Crippen LogP contribution in [0.2, 0.25) is 0 Å². The third kappa shape index (κ3) is 2.58. The number of carbonyl (C=O) groups is 1. The second-order valence-electron chi connectivity index (χ2n) is 4.97. The highest BCUT2D eigenvalue weighted by Gasteiger charge is 2.30. The SMILES string of the molecule is Cc1nnc(Nc2cnn(C(C)(C)C(=O)O)c2)nc1C. The number of hydrogen-bond donors (Lipinski definition) is 2. The predicted molar refractivity (Wildman–Crippen MR) is 71.8 cm³/mol. The van der Waals surface area contributed by atoms with Gasteiger partial charge in [0, 0.05) is 6.20 Å². The van der Waals surface area contributed by atoms with Crippen molar-refractivity contribution in [1.82, 2.24) is 25.0 Å². The van der Waals surface area contributed by atoms with Gasteiger partial charge in [-0.25, -0.2) is 9.78 Å². The zero-order chi connectivity index (χ0) is 14.9. The van der Waals surface area contributed by atoms with Crippen molar-refractivity contribution in [2.24, 2.45) is 0 Å². The Morgan fingerprint density at radius 3 is 2.60 bits per heavy atom. The van der Waals surface area contributed by atoms with Crippen LogP contribution in [0.15, 0.2) is 12.4 Å². The third-order valence-electron chi connectivity index (χ3n) is 3.03. The van der Waals surface area contributed by atoms with E-state index in [1.807, 2.05) is 13.8 Å². The van der Waals surface area contributed by atoms with Crippen molar-refractivity contribution in [3.05, 3.63) is 23.8 Å². The lowest BCUT2D eigenvalue weighted by molar-refractivity contribution is -0.146. The van der Waals surface area contributed by atoms with E-state index >= 15 is 0 Å². The summed E-state index contributed by atoms with van der Waals surface area (Å²) >= 11 is 0. The minimum Gasteiger partial charge on any atom is -0.479 e. The monoisotopic (exact) mass is 276 g/mol. The number of nitrogens with one attached hydrogen (secondary N) is 1. The molecule has 0 saturated heterocycles. The molecule has 2 N–H and O–H groups in total. The maximum atomic E-state index is 11.2. The Morgan fingerprint density at radius 1 is 1.30 bits per heavy atom. The molecule has 8 nitrogen and oxygen atoms in total. The Balaban J connectivity index is 2.21. The molecule has 2 rings (SSSR count). The predicted octanol–water partition coefficient (Wildman–Crippen LogP) is 1.25. The molecule has 0 aliphatic carbocycles. The fourth-order valence-electron chi connectivity index (χ4n) is 1.43. The lowest BCUT2D eigenvalue weighted by Crippen LogP contribution is -2.35. The summed E-state index contributed by atoms with van der Waals surface area (Å²) < 4.78 is 1.37. The van der Waals surface area contributed by atoms with E-state index in [2.05, 4.69) is 25.6 Å². The molecule has 0 unspecified atom stereocenters. The van der Waals surface area contributed by atoms with Crippen molar-refractivity contribution in [3.63, 3.8) is 0 Å². The largest absolute Gasteiger partial charge is 0.479 e. The first-order valence-corrected chi connectivity index (χ1v) is 6.04. The van der Waals surface area contributed by atoms with Gasteiger partial charge in [0.15, 0.2) is 5.54 Å². The molecule has 0 atom stereocenters. The zero-order valence-electron chi connectivity index (χ0n) is 11.7. The molecule has 0 radical (unpaired) electrons. The first-order chi connectivity index (χ1) is 9.30. The lowest BCUT2D eigenvalue weighted by Gasteiger charge is -2.19. The van der Waals surface area contributed by atoms with Gasteiger partial charge in [-0.1, -0.05) is 0 Å². The standard InChI is InChI=1S/C12H16N6O2/c1-7-8(2)16-17-11(14-7)15-9-5-13-18(6-9)12(3,4)10(19)20/h5-6H,1-4H3,(H,19,20)(H,14,15,17). The van der Waals surface area contributed by atoms with E-state index < -0.39 is 11.5 Å². The molecular weight excluding hydrogens is 260 g/mol. The molecule has 2 heterocycles. The Labute approximate surface area is 115 Å². The molecule has 2 aromatic rings. The number of rotatable bonds is 4. The van der Waals surface area contributed by atoms with Gasteiger partial charge in [0.2, 0.25) is 5.95 Å². The molecule has 0 bridgehead atoms. The number of nitrogens with zero attached hydrogens (tertiary/aromatic N) is 5. The Morgan fingerprint density at radius 2 is 2.00 bits per heavy atom. The quantitative estimate of drug-likeness (QED) is 0.865. The van der Waals surface area contributed by atoms with Crippen LogP contribution >= 0.6 is 0 Å². The van der Waals surface area contributed by atoms with E-state index in [0.717, 1.165) is 11.4 Å². The first kappa shape index (κ1) is 13.9. The molecule has 0 saturated carbocycles. The fourth-order valence-corrected chi connectivity index (χ4v) is 1.43. The molecule has 0 aliphatic heterocycles. The van der Waals surface area contributed by atoms with E-state index in [1.54, 1.807) is 20.0 Å². The van der Waals surface area contributed by atoms with E-state index in [1.165, 1.54) is 10.9 Å². The van der Waals surface area contributed by atoms with Gasteiger partial charge < -0.3 is 10.4 Å². The Hall–Kier alpha value is -2.51. The van der Waals surface area contributed by atoms with Crippen LogP contribution in [-0.4, -0.2) is 36.0 Å². The van der Waals surface area contributed by atoms with Gasteiger partial charge in [0.1, 0.15) is 0 Å². The molecule has 0 amide bonds. The van der Waals surface area contributed by atoms with Crippen LogP contribution < -0.4 is 5.32 Å². The number of aromatic nitrogens is 5. The van der Waals surface area contributed by atoms with Crippen LogP contribution in [0.1, 0.15) is 25.2 Å². The van der Waals surface area contributed by atoms with Gasteiger partial charge in [-0.3, -0.25) is 4.68 Å². The molecule has 106 valence electrons. The smallest absolute Gasteiger partial charge is 0.331 e. The summed E-state index contributed by atoms with van der Waals surface area (Å²) in [7, 11) is 0. The van der Waals surface area contributed by atoms with E-state index in [0.29, 0.717) is 11.6 Å². The maximum absolute atomic E-state index is 11.2. The van der Waals surface area contributed by atoms with Crippen LogP contribution in [0.25, 0.3) is 0 Å². The highest BCUT2D eigenvalue weighted by molar-refractivity contribution is 5.75. The van der Waals surface area contributed by atoms with Gasteiger partial charge >= 0.3 is 5.97 Å². The van der Waals surface area contributed by atoms with E-state index in [-0.39, 0.29) is 0 Å². The van der Waals surface area contributed by atoms with E-state index in [4.69, 9.17) is 5.11 Å². The summed E-state index contributed by atoms with van der Waals surface area (Å²) in [5.41, 5.74) is 1.02. The minimum atomic E-state index is -1.12. The molecular formula is C12H16N6O2. The molecule has 8 heteroatoms. The normalized spacial score (nSPS) is 11.4. The number of anilines is 2. The summed E-state index contributed by atoms with van der Waals surface area (Å²) in [6.07, 6.45) is 3.11. The summed E-state index contributed by atoms with van der Waals surface area (Å²) in [6.45, 7) is 6.80. The fraction of sp³-hybridized carbons (Fsp3) is 0.417. The van der Waals surface area contributed by atoms with Crippen LogP contribution in [0.3, 0.4) is 0 Å². The highest BCUT2D eigenvalue weighted by Crippen LogP contribution is 2.19. The molecule has 0 aromatic carbocycles. The van der Waals surface area contributed by atoms with Gasteiger partial charge in [-0.2, -0.15) is 10.2 Å². The summed E-state index contributed by atoms with van der Waals surface area (Å²) in [4.78, 5) is 15.4. The molecule has 0 spiro atoms. The lowest BCUT2D eigenvalue weighted by atomic mass is 10.1. The molecule has 20 heavy (non-hydrogen) atoms. The van der Waals surface area contributed by atoms with Crippen LogP contribution in [0.4, 0.5) is 11.6 Å². The van der Waals surface area contributed by atoms with Crippen LogP contribution in [0.5, 0.6) is 0 Å². The maximum Gasteiger partial charge on any atom is 0.331 e. The van der Waals surface area contributed by atoms with Crippen LogP contribution in [0, 0.1) is 13.8 Å². The van der Waals surface area contributed by atoms with Crippen molar-refractivity contribution in [2.75, 3.05) is 5.32 Å². The third-order valence-corrected chi connectivity index (χ3v) is 3.03.